The number of hydrogen-bond acceptors (Lipinski definition) is 6. The molecule has 1 fully saturated rings. The van der Waals surface area contributed by atoms with E-state index in [1.165, 1.54) is 12.0 Å². The highest BCUT2D eigenvalue weighted by atomic mass is 16.7. The maximum absolute atomic E-state index is 12.4. The normalized spacial score (nSPS) is 16.6. The van der Waals surface area contributed by atoms with Crippen molar-refractivity contribution < 1.29 is 23.8 Å². The van der Waals surface area contributed by atoms with Crippen LogP contribution in [0.3, 0.4) is 0 Å². The summed E-state index contributed by atoms with van der Waals surface area (Å²) in [6.07, 6.45) is 9.37. The first-order valence-corrected chi connectivity index (χ1v) is 16.7. The van der Waals surface area contributed by atoms with Crippen molar-refractivity contribution in [2.45, 2.75) is 105 Å². The van der Waals surface area contributed by atoms with Gasteiger partial charge in [-0.2, -0.15) is 0 Å². The lowest BCUT2D eigenvalue weighted by atomic mass is 9.86. The third-order valence-electron chi connectivity index (χ3n) is 8.82. The van der Waals surface area contributed by atoms with Crippen LogP contribution in [0.5, 0.6) is 17.2 Å². The van der Waals surface area contributed by atoms with Gasteiger partial charge in [-0.1, -0.05) is 48.0 Å². The molecule has 0 spiro atoms. The number of carbonyl (C=O) groups is 2. The first-order valence-electron chi connectivity index (χ1n) is 16.7. The van der Waals surface area contributed by atoms with E-state index < -0.39 is 0 Å². The van der Waals surface area contributed by atoms with Gasteiger partial charge in [0.1, 0.15) is 0 Å². The number of methoxy groups -OCH3 is 1. The lowest BCUT2D eigenvalue weighted by molar-refractivity contribution is -0.134. The van der Waals surface area contributed by atoms with Crippen molar-refractivity contribution in [3.05, 3.63) is 17.7 Å². The van der Waals surface area contributed by atoms with Gasteiger partial charge in [0.15, 0.2) is 11.5 Å². The van der Waals surface area contributed by atoms with Gasteiger partial charge < -0.3 is 28.9 Å². The zero-order chi connectivity index (χ0) is 32.0. The monoisotopic (exact) mass is 603 g/mol. The fourth-order valence-corrected chi connectivity index (χ4v) is 5.83. The van der Waals surface area contributed by atoms with E-state index in [9.17, 15) is 9.59 Å². The van der Waals surface area contributed by atoms with E-state index in [0.717, 1.165) is 89.2 Å². The molecule has 1 saturated heterocycles. The standard InChI is InChI=1S/C22H33NO4.C13H28N2O/c1-6-16(17-12-18(25-5)20-19(13-17)26-14-27-20)11-15(2)7-9-23-10-8-22(3,4)21(23)24;1-5-7-11-15(13(16)6-2)12-9-8-10-14(3)4/h12-13,15-16H,6-11,14H2,1-5H3;5-12H2,1-4H3. The number of hydrogen-bond donors (Lipinski definition) is 0. The highest BCUT2D eigenvalue weighted by Crippen LogP contribution is 2.44. The Hall–Kier alpha value is -2.48. The minimum Gasteiger partial charge on any atom is -0.493 e. The van der Waals surface area contributed by atoms with Crippen molar-refractivity contribution >= 4 is 11.8 Å². The quantitative estimate of drug-likeness (QED) is 0.179. The van der Waals surface area contributed by atoms with Crippen LogP contribution in [0.1, 0.15) is 111 Å². The number of nitrogens with zero attached hydrogens (tertiary/aromatic N) is 3. The Morgan fingerprint density at radius 2 is 1.77 bits per heavy atom. The van der Waals surface area contributed by atoms with Crippen LogP contribution in [-0.2, 0) is 9.59 Å². The predicted molar refractivity (Wildman–Crippen MR) is 175 cm³/mol. The number of ether oxygens (including phenoxy) is 3. The molecule has 2 aliphatic heterocycles. The van der Waals surface area contributed by atoms with E-state index in [2.05, 4.69) is 65.7 Å². The Kier molecular flexibility index (Phi) is 15.7. The van der Waals surface area contributed by atoms with Crippen LogP contribution in [0.25, 0.3) is 0 Å². The van der Waals surface area contributed by atoms with Gasteiger partial charge in [-0.05, 0) is 95.1 Å². The van der Waals surface area contributed by atoms with E-state index in [1.54, 1.807) is 7.11 Å². The number of benzene rings is 1. The highest BCUT2D eigenvalue weighted by molar-refractivity contribution is 5.83. The number of fused-ring (bicyclic) bond motifs is 1. The molecule has 0 aromatic heterocycles. The molecule has 0 radical (unpaired) electrons. The highest BCUT2D eigenvalue weighted by Gasteiger charge is 2.38. The van der Waals surface area contributed by atoms with Crippen molar-refractivity contribution in [2.75, 3.05) is 60.7 Å². The maximum atomic E-state index is 12.4. The zero-order valence-electron chi connectivity index (χ0n) is 28.8. The summed E-state index contributed by atoms with van der Waals surface area (Å²) in [5.41, 5.74) is 1.06. The van der Waals surface area contributed by atoms with Gasteiger partial charge in [-0.3, -0.25) is 9.59 Å². The Bertz CT molecular complexity index is 996. The molecular formula is C35H61N3O5. The lowest BCUT2D eigenvalue weighted by Crippen LogP contribution is -2.32. The third kappa shape index (κ3) is 11.5. The molecule has 2 amide bonds. The summed E-state index contributed by atoms with van der Waals surface area (Å²) in [5.74, 6) is 3.83. The van der Waals surface area contributed by atoms with Gasteiger partial charge in [-0.15, -0.1) is 0 Å². The summed E-state index contributed by atoms with van der Waals surface area (Å²) in [5, 5.41) is 0. The van der Waals surface area contributed by atoms with E-state index in [-0.39, 0.29) is 12.2 Å². The minimum absolute atomic E-state index is 0.182. The van der Waals surface area contributed by atoms with Crippen molar-refractivity contribution in [1.82, 2.24) is 14.7 Å². The average molecular weight is 604 g/mol. The van der Waals surface area contributed by atoms with Crippen LogP contribution in [0, 0.1) is 11.3 Å². The van der Waals surface area contributed by atoms with Gasteiger partial charge >= 0.3 is 0 Å². The van der Waals surface area contributed by atoms with Crippen molar-refractivity contribution in [3.63, 3.8) is 0 Å². The number of amides is 2. The van der Waals surface area contributed by atoms with Gasteiger partial charge in [0.25, 0.3) is 0 Å². The molecule has 0 aliphatic carbocycles. The number of carbonyl (C=O) groups excluding carboxylic acids is 2. The smallest absolute Gasteiger partial charge is 0.231 e. The summed E-state index contributed by atoms with van der Waals surface area (Å²) in [4.78, 5) is 30.3. The summed E-state index contributed by atoms with van der Waals surface area (Å²) in [6, 6.07) is 4.18. The Morgan fingerprint density at radius 3 is 2.35 bits per heavy atom. The molecule has 2 atom stereocenters. The molecule has 2 heterocycles. The molecule has 8 nitrogen and oxygen atoms in total. The molecule has 0 bridgehead atoms. The molecule has 1 aromatic carbocycles. The van der Waals surface area contributed by atoms with Crippen LogP contribution >= 0.6 is 0 Å². The zero-order valence-corrected chi connectivity index (χ0v) is 28.8. The number of likely N-dealkylation sites (tertiary alicyclic amines) is 1. The van der Waals surface area contributed by atoms with Crippen LogP contribution in [0.2, 0.25) is 0 Å². The molecule has 2 aliphatic rings. The topological polar surface area (TPSA) is 71.6 Å². The number of unbranched alkanes of at least 4 members (excludes halogenated alkanes) is 2. The Labute approximate surface area is 262 Å². The van der Waals surface area contributed by atoms with E-state index in [0.29, 0.717) is 35.8 Å². The first kappa shape index (κ1) is 36.7. The molecular weight excluding hydrogens is 542 g/mol. The SMILES string of the molecule is CCC(CC(C)CCN1CCC(C)(C)C1=O)c1cc(OC)c2c(c1)OCO2.CCCCN(CCCCN(C)C)C(=O)CC. The molecule has 8 heteroatoms. The van der Waals surface area contributed by atoms with Crippen LogP contribution in [-0.4, -0.2) is 87.2 Å². The first-order chi connectivity index (χ1) is 20.5. The predicted octanol–water partition coefficient (Wildman–Crippen LogP) is 6.96. The van der Waals surface area contributed by atoms with Crippen LogP contribution < -0.4 is 14.2 Å². The molecule has 0 N–H and O–H groups in total. The largest absolute Gasteiger partial charge is 0.493 e. The minimum atomic E-state index is -0.182. The van der Waals surface area contributed by atoms with Crippen LogP contribution in [0.15, 0.2) is 12.1 Å². The van der Waals surface area contributed by atoms with Crippen LogP contribution in [0.4, 0.5) is 0 Å². The third-order valence-corrected chi connectivity index (χ3v) is 8.82. The molecule has 2 unspecified atom stereocenters. The van der Waals surface area contributed by atoms with Gasteiger partial charge in [0.05, 0.1) is 7.11 Å². The van der Waals surface area contributed by atoms with Crippen molar-refractivity contribution in [1.29, 1.82) is 0 Å². The summed E-state index contributed by atoms with van der Waals surface area (Å²) in [7, 11) is 5.84. The second-order valence-corrected chi connectivity index (χ2v) is 13.2. The Balaban J connectivity index is 0.000000347. The lowest BCUT2D eigenvalue weighted by Gasteiger charge is -2.24. The average Bonchev–Trinajstić information content (AvgIpc) is 3.57. The van der Waals surface area contributed by atoms with E-state index in [1.807, 2.05) is 16.7 Å². The second kappa shape index (κ2) is 18.4. The fraction of sp³-hybridized carbons (Fsp3) is 0.771. The van der Waals surface area contributed by atoms with Gasteiger partial charge in [-0.25, -0.2) is 0 Å². The van der Waals surface area contributed by atoms with Crippen molar-refractivity contribution in [2.24, 2.45) is 11.3 Å². The molecule has 1 aromatic rings. The number of rotatable bonds is 17. The molecule has 246 valence electrons. The van der Waals surface area contributed by atoms with Gasteiger partial charge in [0.2, 0.25) is 24.4 Å². The van der Waals surface area contributed by atoms with Crippen molar-refractivity contribution in [3.8, 4) is 17.2 Å². The van der Waals surface area contributed by atoms with Gasteiger partial charge in [0, 0.05) is 38.0 Å². The van der Waals surface area contributed by atoms with E-state index >= 15 is 0 Å². The maximum Gasteiger partial charge on any atom is 0.231 e. The summed E-state index contributed by atoms with van der Waals surface area (Å²) < 4.78 is 16.6. The molecule has 0 saturated carbocycles. The molecule has 3 rings (SSSR count). The molecule has 43 heavy (non-hydrogen) atoms. The fourth-order valence-electron chi connectivity index (χ4n) is 5.83. The second-order valence-electron chi connectivity index (χ2n) is 13.2. The summed E-state index contributed by atoms with van der Waals surface area (Å²) >= 11 is 0. The summed E-state index contributed by atoms with van der Waals surface area (Å²) in [6.45, 7) is 17.7. The van der Waals surface area contributed by atoms with E-state index in [4.69, 9.17) is 14.2 Å². The Morgan fingerprint density at radius 1 is 1.07 bits per heavy atom.